The second-order valence-corrected chi connectivity index (χ2v) is 2.41. The van der Waals surface area contributed by atoms with E-state index in [1.165, 1.54) is 0 Å². The third-order valence-electron chi connectivity index (χ3n) is 1.50. The van der Waals surface area contributed by atoms with Crippen molar-refractivity contribution in [1.82, 2.24) is 4.98 Å². The fourth-order valence-corrected chi connectivity index (χ4v) is 1.00. The van der Waals surface area contributed by atoms with Gasteiger partial charge < -0.3 is 4.42 Å². The van der Waals surface area contributed by atoms with Crippen molar-refractivity contribution in [3.63, 3.8) is 0 Å². The summed E-state index contributed by atoms with van der Waals surface area (Å²) in [6.07, 6.45) is 0. The zero-order valence-corrected chi connectivity index (χ0v) is 5.97. The number of hydrogen-bond donors (Lipinski definition) is 1. The SMILES string of the molecule is Cc1[c]cc2oc(=O)[nH]c2c1. The summed E-state index contributed by atoms with van der Waals surface area (Å²) < 4.78 is 4.78. The van der Waals surface area contributed by atoms with Gasteiger partial charge in [0.05, 0.1) is 5.52 Å². The number of nitrogens with one attached hydrogen (secondary N) is 1. The van der Waals surface area contributed by atoms with Gasteiger partial charge in [-0.15, -0.1) is 0 Å². The van der Waals surface area contributed by atoms with Crippen LogP contribution in [-0.2, 0) is 0 Å². The smallest absolute Gasteiger partial charge is 0.408 e. The number of oxazole rings is 1. The molecule has 1 aromatic carbocycles. The van der Waals surface area contributed by atoms with E-state index in [-0.39, 0.29) is 0 Å². The van der Waals surface area contributed by atoms with E-state index in [2.05, 4.69) is 11.1 Å². The summed E-state index contributed by atoms with van der Waals surface area (Å²) in [7, 11) is 0. The molecule has 1 heterocycles. The molecule has 3 nitrogen and oxygen atoms in total. The molecule has 0 amide bonds. The summed E-state index contributed by atoms with van der Waals surface area (Å²) in [5.41, 5.74) is 2.27. The fourth-order valence-electron chi connectivity index (χ4n) is 1.00. The molecular formula is C8H6NO2. The Balaban J connectivity index is 2.92. The zero-order chi connectivity index (χ0) is 7.84. The molecule has 0 aliphatic rings. The van der Waals surface area contributed by atoms with Crippen LogP contribution in [-0.4, -0.2) is 4.98 Å². The number of benzene rings is 1. The lowest BCUT2D eigenvalue weighted by atomic mass is 10.2. The van der Waals surface area contributed by atoms with Gasteiger partial charge in [0, 0.05) is 0 Å². The Morgan fingerprint density at radius 3 is 3.27 bits per heavy atom. The van der Waals surface area contributed by atoms with Crippen molar-refractivity contribution in [3.05, 3.63) is 34.3 Å². The summed E-state index contributed by atoms with van der Waals surface area (Å²) in [6, 6.07) is 6.41. The molecule has 11 heavy (non-hydrogen) atoms. The van der Waals surface area contributed by atoms with Gasteiger partial charge in [-0.1, -0.05) is 0 Å². The first-order valence-electron chi connectivity index (χ1n) is 3.27. The number of hydrogen-bond acceptors (Lipinski definition) is 2. The van der Waals surface area contributed by atoms with Crippen molar-refractivity contribution in [1.29, 1.82) is 0 Å². The Kier molecular flexibility index (Phi) is 1.12. The number of aryl methyl sites for hydroxylation is 1. The molecule has 55 valence electrons. The Morgan fingerprint density at radius 1 is 1.64 bits per heavy atom. The molecule has 0 saturated heterocycles. The van der Waals surface area contributed by atoms with Crippen molar-refractivity contribution in [2.45, 2.75) is 6.92 Å². The molecule has 2 rings (SSSR count). The van der Waals surface area contributed by atoms with Gasteiger partial charge in [0.2, 0.25) is 0 Å². The molecule has 1 N–H and O–H groups in total. The Hall–Kier alpha value is -1.51. The van der Waals surface area contributed by atoms with E-state index in [4.69, 9.17) is 4.42 Å². The van der Waals surface area contributed by atoms with Crippen molar-refractivity contribution >= 4 is 11.1 Å². The molecule has 0 unspecified atom stereocenters. The van der Waals surface area contributed by atoms with E-state index in [0.29, 0.717) is 5.58 Å². The van der Waals surface area contributed by atoms with E-state index in [0.717, 1.165) is 11.1 Å². The van der Waals surface area contributed by atoms with Crippen molar-refractivity contribution in [3.8, 4) is 0 Å². The Morgan fingerprint density at radius 2 is 2.45 bits per heavy atom. The molecule has 0 aliphatic heterocycles. The van der Waals surface area contributed by atoms with Crippen LogP contribution < -0.4 is 5.76 Å². The highest BCUT2D eigenvalue weighted by Gasteiger charge is 1.98. The van der Waals surface area contributed by atoms with Crippen LogP contribution in [0.1, 0.15) is 5.56 Å². The second kappa shape index (κ2) is 1.99. The fraction of sp³-hybridized carbons (Fsp3) is 0.125. The van der Waals surface area contributed by atoms with Crippen LogP contribution in [0.15, 0.2) is 21.3 Å². The molecule has 1 radical (unpaired) electrons. The van der Waals surface area contributed by atoms with Gasteiger partial charge in [0.25, 0.3) is 0 Å². The standard InChI is InChI=1S/C8H6NO2/c1-5-2-3-7-6(4-5)9-8(10)11-7/h3-4H,1H3,(H,9,10). The van der Waals surface area contributed by atoms with Gasteiger partial charge in [-0.25, -0.2) is 4.79 Å². The lowest BCUT2D eigenvalue weighted by Gasteiger charge is -1.87. The van der Waals surface area contributed by atoms with Gasteiger partial charge in [-0.2, -0.15) is 0 Å². The average Bonchev–Trinajstić information content (AvgIpc) is 2.27. The van der Waals surface area contributed by atoms with Gasteiger partial charge in [-0.05, 0) is 30.7 Å². The lowest BCUT2D eigenvalue weighted by molar-refractivity contribution is 0.555. The van der Waals surface area contributed by atoms with Gasteiger partial charge in [0.1, 0.15) is 0 Å². The van der Waals surface area contributed by atoms with Crippen LogP contribution in [0.2, 0.25) is 0 Å². The normalized spacial score (nSPS) is 10.6. The Bertz CT molecular complexity index is 439. The maximum atomic E-state index is 10.7. The summed E-state index contributed by atoms with van der Waals surface area (Å²) in [6.45, 7) is 1.91. The minimum absolute atomic E-state index is 0.418. The lowest BCUT2D eigenvalue weighted by Crippen LogP contribution is -1.92. The summed E-state index contributed by atoms with van der Waals surface area (Å²) in [5, 5.41) is 0. The highest BCUT2D eigenvalue weighted by atomic mass is 16.4. The molecule has 0 bridgehead atoms. The second-order valence-electron chi connectivity index (χ2n) is 2.41. The highest BCUT2D eigenvalue weighted by molar-refractivity contribution is 5.72. The summed E-state index contributed by atoms with van der Waals surface area (Å²) >= 11 is 0. The number of aromatic amines is 1. The van der Waals surface area contributed by atoms with E-state index in [9.17, 15) is 4.79 Å². The largest absolute Gasteiger partial charge is 0.417 e. The number of aromatic nitrogens is 1. The molecule has 0 spiro atoms. The minimum atomic E-state index is -0.418. The molecular weight excluding hydrogens is 142 g/mol. The average molecular weight is 148 g/mol. The number of H-pyrrole nitrogens is 1. The van der Waals surface area contributed by atoms with Crippen LogP contribution in [0.4, 0.5) is 0 Å². The maximum absolute atomic E-state index is 10.7. The monoisotopic (exact) mass is 148 g/mol. The van der Waals surface area contributed by atoms with Crippen molar-refractivity contribution in [2.24, 2.45) is 0 Å². The van der Waals surface area contributed by atoms with Crippen molar-refractivity contribution < 1.29 is 4.42 Å². The molecule has 0 fully saturated rings. The van der Waals surface area contributed by atoms with Gasteiger partial charge in [-0.3, -0.25) is 4.98 Å². The summed E-state index contributed by atoms with van der Waals surface area (Å²) in [4.78, 5) is 13.2. The first kappa shape index (κ1) is 6.22. The van der Waals surface area contributed by atoms with Crippen LogP contribution in [0.5, 0.6) is 0 Å². The van der Waals surface area contributed by atoms with E-state index in [1.807, 2.05) is 13.0 Å². The number of fused-ring (bicyclic) bond motifs is 1. The predicted molar refractivity (Wildman–Crippen MR) is 40.4 cm³/mol. The van der Waals surface area contributed by atoms with Crippen LogP contribution in [0, 0.1) is 13.0 Å². The molecule has 0 aliphatic carbocycles. The molecule has 0 atom stereocenters. The summed E-state index contributed by atoms with van der Waals surface area (Å²) in [5.74, 6) is -0.418. The topological polar surface area (TPSA) is 46.0 Å². The third-order valence-corrected chi connectivity index (χ3v) is 1.50. The zero-order valence-electron chi connectivity index (χ0n) is 5.97. The van der Waals surface area contributed by atoms with E-state index in [1.54, 1.807) is 6.07 Å². The van der Waals surface area contributed by atoms with Gasteiger partial charge in [0.15, 0.2) is 5.58 Å². The number of rotatable bonds is 0. The third kappa shape index (κ3) is 0.941. The Labute approximate surface area is 62.7 Å². The van der Waals surface area contributed by atoms with E-state index >= 15 is 0 Å². The molecule has 3 heteroatoms. The van der Waals surface area contributed by atoms with Crippen molar-refractivity contribution in [2.75, 3.05) is 0 Å². The van der Waals surface area contributed by atoms with Gasteiger partial charge >= 0.3 is 5.76 Å². The maximum Gasteiger partial charge on any atom is 0.417 e. The van der Waals surface area contributed by atoms with Crippen LogP contribution in [0.25, 0.3) is 11.1 Å². The highest BCUT2D eigenvalue weighted by Crippen LogP contribution is 2.09. The first-order chi connectivity index (χ1) is 5.25. The molecule has 0 saturated carbocycles. The van der Waals surface area contributed by atoms with Crippen LogP contribution >= 0.6 is 0 Å². The van der Waals surface area contributed by atoms with Crippen LogP contribution in [0.3, 0.4) is 0 Å². The van der Waals surface area contributed by atoms with E-state index < -0.39 is 5.76 Å². The quantitative estimate of drug-likeness (QED) is 0.610. The molecule has 2 aromatic rings. The molecule has 1 aromatic heterocycles. The predicted octanol–water partition coefficient (Wildman–Crippen LogP) is 1.23. The first-order valence-corrected chi connectivity index (χ1v) is 3.27. The minimum Gasteiger partial charge on any atom is -0.408 e.